The fraction of sp³-hybridized carbons (Fsp3) is 0.391. The first kappa shape index (κ1) is 21.3. The van der Waals surface area contributed by atoms with Crippen LogP contribution in [0.4, 0.5) is 0 Å². The molecular formula is C23H27ClN2O3. The van der Waals surface area contributed by atoms with E-state index in [9.17, 15) is 9.90 Å². The highest BCUT2D eigenvalue weighted by molar-refractivity contribution is 6.31. The topological polar surface area (TPSA) is 63.8 Å². The molecule has 2 aromatic heterocycles. The number of nitrogens with zero attached hydrogens (tertiary/aromatic N) is 2. The number of ketones is 1. The molecule has 0 spiro atoms. The summed E-state index contributed by atoms with van der Waals surface area (Å²) in [6.07, 6.45) is 5.04. The molecule has 0 saturated heterocycles. The molecule has 3 rings (SSSR count). The number of carbonyl (C=O) groups excluding carboxylic acids is 1. The minimum Gasteiger partial charge on any atom is -0.485 e. The number of hydrogen-bond acceptors (Lipinski definition) is 4. The van der Waals surface area contributed by atoms with Crippen molar-refractivity contribution in [3.05, 3.63) is 64.6 Å². The van der Waals surface area contributed by atoms with Crippen molar-refractivity contribution in [2.75, 3.05) is 6.61 Å². The molecule has 0 saturated carbocycles. The Bertz CT molecular complexity index is 983. The summed E-state index contributed by atoms with van der Waals surface area (Å²) >= 11 is 6.21. The number of unbranched alkanes of at least 4 members (excludes halogenated alkanes) is 1. The first-order valence-corrected chi connectivity index (χ1v) is 10.4. The number of fused-ring (bicyclic) bond motifs is 1. The number of aliphatic hydroxyl groups is 1. The van der Waals surface area contributed by atoms with Crippen LogP contribution in [0.5, 0.6) is 5.75 Å². The SMILES string of the molecule is CCCC[C@H](CO)CC(=O)c1c(C)nc2c(OCc3ccccc3Cl)cccn12. The van der Waals surface area contributed by atoms with E-state index >= 15 is 0 Å². The van der Waals surface area contributed by atoms with Gasteiger partial charge in [-0.2, -0.15) is 0 Å². The molecule has 6 heteroatoms. The summed E-state index contributed by atoms with van der Waals surface area (Å²) in [7, 11) is 0. The average molecular weight is 415 g/mol. The van der Waals surface area contributed by atoms with E-state index < -0.39 is 0 Å². The van der Waals surface area contributed by atoms with Crippen LogP contribution in [0.2, 0.25) is 5.02 Å². The van der Waals surface area contributed by atoms with Crippen molar-refractivity contribution < 1.29 is 14.6 Å². The second-order valence-electron chi connectivity index (χ2n) is 7.31. The van der Waals surface area contributed by atoms with Crippen LogP contribution in [0, 0.1) is 12.8 Å². The minimum absolute atomic E-state index is 0.00610. The van der Waals surface area contributed by atoms with Crippen LogP contribution in [-0.2, 0) is 6.61 Å². The van der Waals surface area contributed by atoms with Crippen LogP contribution < -0.4 is 4.74 Å². The molecule has 5 nitrogen and oxygen atoms in total. The lowest BCUT2D eigenvalue weighted by Crippen LogP contribution is -2.15. The van der Waals surface area contributed by atoms with Crippen LogP contribution >= 0.6 is 11.6 Å². The van der Waals surface area contributed by atoms with Crippen molar-refractivity contribution in [2.45, 2.75) is 46.1 Å². The fourth-order valence-electron chi connectivity index (χ4n) is 3.49. The first-order chi connectivity index (χ1) is 14.0. The van der Waals surface area contributed by atoms with Gasteiger partial charge >= 0.3 is 0 Å². The third kappa shape index (κ3) is 4.98. The Hall–Kier alpha value is -2.37. The Morgan fingerprint density at radius 2 is 2.07 bits per heavy atom. The number of ether oxygens (including phenoxy) is 1. The lowest BCUT2D eigenvalue weighted by Gasteiger charge is -2.13. The molecule has 0 aliphatic carbocycles. The van der Waals surface area contributed by atoms with Gasteiger partial charge in [0.05, 0.1) is 5.69 Å². The number of halogens is 1. The molecule has 1 aromatic carbocycles. The van der Waals surface area contributed by atoms with E-state index in [1.54, 1.807) is 4.40 Å². The number of Topliss-reactive ketones (excluding diaryl/α,β-unsaturated/α-hetero) is 1. The summed E-state index contributed by atoms with van der Waals surface area (Å²) < 4.78 is 7.76. The normalized spacial score (nSPS) is 12.3. The van der Waals surface area contributed by atoms with E-state index in [4.69, 9.17) is 16.3 Å². The van der Waals surface area contributed by atoms with E-state index in [-0.39, 0.29) is 18.3 Å². The number of aromatic nitrogens is 2. The van der Waals surface area contributed by atoms with Gasteiger partial charge in [-0.15, -0.1) is 0 Å². The summed E-state index contributed by atoms with van der Waals surface area (Å²) in [5.41, 5.74) is 2.71. The predicted molar refractivity (Wildman–Crippen MR) is 115 cm³/mol. The van der Waals surface area contributed by atoms with Crippen LogP contribution in [0.15, 0.2) is 42.6 Å². The van der Waals surface area contributed by atoms with Crippen LogP contribution in [0.3, 0.4) is 0 Å². The summed E-state index contributed by atoms with van der Waals surface area (Å²) in [4.78, 5) is 17.6. The van der Waals surface area contributed by atoms with Crippen molar-refractivity contribution in [2.24, 2.45) is 5.92 Å². The Labute approximate surface area is 176 Å². The highest BCUT2D eigenvalue weighted by Crippen LogP contribution is 2.26. The van der Waals surface area contributed by atoms with Gasteiger partial charge in [0.15, 0.2) is 17.2 Å². The minimum atomic E-state index is -0.0212. The van der Waals surface area contributed by atoms with E-state index in [1.807, 2.05) is 49.5 Å². The molecule has 0 amide bonds. The zero-order chi connectivity index (χ0) is 20.8. The third-order valence-electron chi connectivity index (χ3n) is 5.09. The highest BCUT2D eigenvalue weighted by atomic mass is 35.5. The van der Waals surface area contributed by atoms with Gasteiger partial charge in [-0.3, -0.25) is 9.20 Å². The van der Waals surface area contributed by atoms with Crippen LogP contribution in [0.1, 0.15) is 54.4 Å². The molecule has 154 valence electrons. The zero-order valence-corrected chi connectivity index (χ0v) is 17.7. The number of aryl methyl sites for hydroxylation is 1. The maximum Gasteiger partial charge on any atom is 0.181 e. The second kappa shape index (κ2) is 9.90. The molecule has 0 bridgehead atoms. The number of aliphatic hydroxyl groups excluding tert-OH is 1. The number of carbonyl (C=O) groups is 1. The third-order valence-corrected chi connectivity index (χ3v) is 5.46. The lowest BCUT2D eigenvalue weighted by molar-refractivity contribution is 0.0923. The summed E-state index contributed by atoms with van der Waals surface area (Å²) in [5, 5.41) is 10.3. The number of benzene rings is 1. The van der Waals surface area contributed by atoms with Gasteiger partial charge < -0.3 is 9.84 Å². The van der Waals surface area contributed by atoms with Gasteiger partial charge in [-0.05, 0) is 37.5 Å². The van der Waals surface area contributed by atoms with Crippen molar-refractivity contribution in [3.8, 4) is 5.75 Å². The second-order valence-corrected chi connectivity index (χ2v) is 7.72. The summed E-state index contributed by atoms with van der Waals surface area (Å²) in [6.45, 7) is 4.28. The van der Waals surface area contributed by atoms with Gasteiger partial charge in [-0.1, -0.05) is 49.6 Å². The molecule has 0 fully saturated rings. The van der Waals surface area contributed by atoms with Gasteiger partial charge in [-0.25, -0.2) is 4.98 Å². The lowest BCUT2D eigenvalue weighted by atomic mass is 9.95. The van der Waals surface area contributed by atoms with Crippen molar-refractivity contribution in [3.63, 3.8) is 0 Å². The van der Waals surface area contributed by atoms with E-state index in [1.165, 1.54) is 0 Å². The predicted octanol–water partition coefficient (Wildman–Crippen LogP) is 5.25. The Morgan fingerprint density at radius 1 is 1.28 bits per heavy atom. The van der Waals surface area contributed by atoms with E-state index in [0.717, 1.165) is 24.8 Å². The van der Waals surface area contributed by atoms with E-state index in [2.05, 4.69) is 11.9 Å². The van der Waals surface area contributed by atoms with Gasteiger partial charge in [0.2, 0.25) is 0 Å². The number of imidazole rings is 1. The van der Waals surface area contributed by atoms with Gasteiger partial charge in [0.25, 0.3) is 0 Å². The van der Waals surface area contributed by atoms with Crippen molar-refractivity contribution in [1.82, 2.24) is 9.38 Å². The van der Waals surface area contributed by atoms with Crippen LogP contribution in [0.25, 0.3) is 5.65 Å². The smallest absolute Gasteiger partial charge is 0.181 e. The molecule has 0 radical (unpaired) electrons. The molecular weight excluding hydrogens is 388 g/mol. The molecule has 2 heterocycles. The summed E-state index contributed by atoms with van der Waals surface area (Å²) in [6, 6.07) is 11.2. The monoisotopic (exact) mass is 414 g/mol. The van der Waals surface area contributed by atoms with Gasteiger partial charge in [0.1, 0.15) is 12.3 Å². The Morgan fingerprint density at radius 3 is 2.79 bits per heavy atom. The maximum atomic E-state index is 13.0. The van der Waals surface area contributed by atoms with Crippen molar-refractivity contribution in [1.29, 1.82) is 0 Å². The number of pyridine rings is 1. The summed E-state index contributed by atoms with van der Waals surface area (Å²) in [5.74, 6) is 0.569. The Kier molecular flexibility index (Phi) is 7.29. The molecule has 0 aliphatic heterocycles. The molecule has 1 N–H and O–H groups in total. The quantitative estimate of drug-likeness (QED) is 0.460. The molecule has 29 heavy (non-hydrogen) atoms. The fourth-order valence-corrected chi connectivity index (χ4v) is 3.68. The van der Waals surface area contributed by atoms with Crippen LogP contribution in [-0.4, -0.2) is 26.9 Å². The van der Waals surface area contributed by atoms with Crippen molar-refractivity contribution >= 4 is 23.0 Å². The average Bonchev–Trinajstić information content (AvgIpc) is 3.06. The Balaban J connectivity index is 1.83. The molecule has 1 atom stereocenters. The zero-order valence-electron chi connectivity index (χ0n) is 16.9. The highest BCUT2D eigenvalue weighted by Gasteiger charge is 2.22. The number of rotatable bonds is 10. The maximum absolute atomic E-state index is 13.0. The first-order valence-electron chi connectivity index (χ1n) is 10.0. The molecule has 3 aromatic rings. The standard InChI is InChI=1S/C23H27ClN2O3/c1-3-4-8-17(14-27)13-20(28)22-16(2)25-23-21(11-7-12-26(22)23)29-15-18-9-5-6-10-19(18)24/h5-7,9-12,17,27H,3-4,8,13-15H2,1-2H3/t17-/m0/s1. The molecule has 0 aliphatic rings. The largest absolute Gasteiger partial charge is 0.485 e. The van der Waals surface area contributed by atoms with Gasteiger partial charge in [0, 0.05) is 29.8 Å². The number of hydrogen-bond donors (Lipinski definition) is 1. The van der Waals surface area contributed by atoms with E-state index in [0.29, 0.717) is 40.8 Å². The molecule has 0 unspecified atom stereocenters.